The molecule has 2 heterocycles. The highest BCUT2D eigenvalue weighted by molar-refractivity contribution is 5.93. The summed E-state index contributed by atoms with van der Waals surface area (Å²) in [5, 5.41) is 6.15. The summed E-state index contributed by atoms with van der Waals surface area (Å²) >= 11 is 0. The molecule has 2 atom stereocenters. The molecule has 4 rings (SSSR count). The molecule has 2 aliphatic heterocycles. The number of amides is 1. The van der Waals surface area contributed by atoms with Gasteiger partial charge in [0.05, 0.1) is 12.2 Å². The minimum Gasteiger partial charge on any atom is -0.493 e. The van der Waals surface area contributed by atoms with Crippen molar-refractivity contribution in [1.29, 1.82) is 0 Å². The van der Waals surface area contributed by atoms with Crippen LogP contribution in [0, 0.1) is 11.7 Å². The Hall–Kier alpha value is -3.24. The normalized spacial score (nSPS) is 22.4. The number of benzene rings is 2. The molecule has 34 heavy (non-hydrogen) atoms. The number of allylic oxidation sites excluding steroid dienone is 1. The van der Waals surface area contributed by atoms with Gasteiger partial charge in [0, 0.05) is 31.8 Å². The number of rotatable bonds is 8. The first-order valence-electron chi connectivity index (χ1n) is 10.7. The third-order valence-electron chi connectivity index (χ3n) is 6.00. The molecular weight excluding hydrogens is 452 g/mol. The molecule has 2 aliphatic rings. The van der Waals surface area contributed by atoms with Gasteiger partial charge in [0.25, 0.3) is 0 Å². The van der Waals surface area contributed by atoms with Crippen LogP contribution in [0.15, 0.2) is 59.6 Å². The SMILES string of the molecule is NC(=O)C1(c2cc(OCC3CNC3)cc(C(F)(F)F)c2)C=CC=NC1NCc1ccc(F)cc1. The Labute approximate surface area is 193 Å². The molecule has 0 saturated carbocycles. The number of ether oxygens (including phenoxy) is 1. The lowest BCUT2D eigenvalue weighted by molar-refractivity contribution is -0.138. The van der Waals surface area contributed by atoms with Crippen molar-refractivity contribution in [2.75, 3.05) is 19.7 Å². The Morgan fingerprint density at radius 3 is 2.56 bits per heavy atom. The predicted octanol–water partition coefficient (Wildman–Crippen LogP) is 2.92. The van der Waals surface area contributed by atoms with Crippen LogP contribution in [0.5, 0.6) is 5.75 Å². The van der Waals surface area contributed by atoms with Crippen LogP contribution in [0.2, 0.25) is 0 Å². The number of dihydropyridines is 1. The molecule has 2 unspecified atom stereocenters. The number of hydrogen-bond donors (Lipinski definition) is 3. The first kappa shape index (κ1) is 23.9. The van der Waals surface area contributed by atoms with Gasteiger partial charge in [-0.2, -0.15) is 13.2 Å². The maximum Gasteiger partial charge on any atom is 0.416 e. The number of aliphatic imine (C=N–C) groups is 1. The second-order valence-corrected chi connectivity index (χ2v) is 8.38. The molecule has 0 spiro atoms. The van der Waals surface area contributed by atoms with Crippen molar-refractivity contribution in [3.63, 3.8) is 0 Å². The minimum atomic E-state index is -4.66. The summed E-state index contributed by atoms with van der Waals surface area (Å²) in [6.07, 6.45) is -1.30. The fourth-order valence-electron chi connectivity index (χ4n) is 3.95. The average Bonchev–Trinajstić information content (AvgIpc) is 2.77. The lowest BCUT2D eigenvalue weighted by Gasteiger charge is -2.36. The standard InChI is InChI=1S/C24H24F4N4O2/c25-19-4-2-15(3-5-19)13-32-22-23(21(29)33,6-1-7-31-22)17-8-18(24(26,27)28)10-20(9-17)34-14-16-11-30-12-16/h1-10,16,22,30,32H,11-14H2,(H2,29,33). The van der Waals surface area contributed by atoms with E-state index in [2.05, 4.69) is 15.6 Å². The first-order chi connectivity index (χ1) is 16.2. The molecular formula is C24H24F4N4O2. The van der Waals surface area contributed by atoms with Gasteiger partial charge in [0.1, 0.15) is 23.1 Å². The molecule has 10 heteroatoms. The van der Waals surface area contributed by atoms with Crippen molar-refractivity contribution >= 4 is 12.1 Å². The van der Waals surface area contributed by atoms with Gasteiger partial charge in [0.2, 0.25) is 5.91 Å². The van der Waals surface area contributed by atoms with E-state index in [-0.39, 0.29) is 30.4 Å². The van der Waals surface area contributed by atoms with Gasteiger partial charge in [-0.3, -0.25) is 15.1 Å². The maximum absolute atomic E-state index is 13.7. The van der Waals surface area contributed by atoms with E-state index in [0.717, 1.165) is 25.2 Å². The van der Waals surface area contributed by atoms with Crippen LogP contribution in [0.25, 0.3) is 0 Å². The molecule has 2 aromatic carbocycles. The molecule has 0 radical (unpaired) electrons. The fraction of sp³-hybridized carbons (Fsp3) is 0.333. The van der Waals surface area contributed by atoms with Crippen LogP contribution in [0.4, 0.5) is 17.6 Å². The summed E-state index contributed by atoms with van der Waals surface area (Å²) in [5.74, 6) is -1.07. The number of carbonyl (C=O) groups is 1. The highest BCUT2D eigenvalue weighted by Gasteiger charge is 2.46. The molecule has 1 saturated heterocycles. The molecule has 1 amide bonds. The maximum atomic E-state index is 13.7. The Morgan fingerprint density at radius 2 is 1.94 bits per heavy atom. The van der Waals surface area contributed by atoms with Crippen LogP contribution in [-0.4, -0.2) is 38.0 Å². The van der Waals surface area contributed by atoms with E-state index < -0.39 is 35.0 Å². The molecule has 180 valence electrons. The zero-order valence-corrected chi connectivity index (χ0v) is 18.1. The highest BCUT2D eigenvalue weighted by atomic mass is 19.4. The minimum absolute atomic E-state index is 0.00223. The van der Waals surface area contributed by atoms with E-state index in [0.29, 0.717) is 5.56 Å². The molecule has 6 nitrogen and oxygen atoms in total. The third kappa shape index (κ3) is 4.97. The van der Waals surface area contributed by atoms with Gasteiger partial charge in [-0.1, -0.05) is 18.2 Å². The molecule has 4 N–H and O–H groups in total. The monoisotopic (exact) mass is 476 g/mol. The Kier molecular flexibility index (Phi) is 6.72. The average molecular weight is 476 g/mol. The van der Waals surface area contributed by atoms with Gasteiger partial charge < -0.3 is 15.8 Å². The first-order valence-corrected chi connectivity index (χ1v) is 10.7. The van der Waals surface area contributed by atoms with E-state index in [9.17, 15) is 22.4 Å². The van der Waals surface area contributed by atoms with Crippen molar-refractivity contribution in [3.05, 3.63) is 77.1 Å². The number of hydrogen-bond acceptors (Lipinski definition) is 5. The van der Waals surface area contributed by atoms with Crippen LogP contribution in [0.1, 0.15) is 16.7 Å². The topological polar surface area (TPSA) is 88.7 Å². The largest absolute Gasteiger partial charge is 0.493 e. The van der Waals surface area contributed by atoms with E-state index in [1.54, 1.807) is 12.1 Å². The van der Waals surface area contributed by atoms with E-state index in [1.807, 2.05) is 0 Å². The smallest absolute Gasteiger partial charge is 0.416 e. The van der Waals surface area contributed by atoms with Gasteiger partial charge in [-0.05, 0) is 47.5 Å². The van der Waals surface area contributed by atoms with E-state index >= 15 is 0 Å². The number of primary amides is 1. The summed E-state index contributed by atoms with van der Waals surface area (Å²) in [7, 11) is 0. The summed E-state index contributed by atoms with van der Waals surface area (Å²) in [6, 6.07) is 8.92. The lowest BCUT2D eigenvalue weighted by Crippen LogP contribution is -2.55. The van der Waals surface area contributed by atoms with Crippen LogP contribution < -0.4 is 21.1 Å². The number of carbonyl (C=O) groups excluding carboxylic acids is 1. The zero-order chi connectivity index (χ0) is 24.3. The highest BCUT2D eigenvalue weighted by Crippen LogP contribution is 2.39. The molecule has 0 aromatic heterocycles. The van der Waals surface area contributed by atoms with Crippen molar-refractivity contribution in [3.8, 4) is 5.75 Å². The summed E-state index contributed by atoms with van der Waals surface area (Å²) in [5.41, 5.74) is 3.85. The Morgan fingerprint density at radius 1 is 1.21 bits per heavy atom. The quantitative estimate of drug-likeness (QED) is 0.512. The van der Waals surface area contributed by atoms with Gasteiger partial charge in [0.15, 0.2) is 0 Å². The van der Waals surface area contributed by atoms with Gasteiger partial charge >= 0.3 is 6.18 Å². The number of nitrogens with zero attached hydrogens (tertiary/aromatic N) is 1. The number of nitrogens with one attached hydrogen (secondary N) is 2. The second-order valence-electron chi connectivity index (χ2n) is 8.38. The summed E-state index contributed by atoms with van der Waals surface area (Å²) in [6.45, 7) is 1.88. The number of halogens is 4. The van der Waals surface area contributed by atoms with Crippen LogP contribution >= 0.6 is 0 Å². The van der Waals surface area contributed by atoms with E-state index in [1.165, 1.54) is 36.6 Å². The molecule has 0 aliphatic carbocycles. The number of nitrogens with two attached hydrogens (primary N) is 1. The predicted molar refractivity (Wildman–Crippen MR) is 119 cm³/mol. The summed E-state index contributed by atoms with van der Waals surface area (Å²) < 4.78 is 60.1. The molecule has 2 aromatic rings. The number of alkyl halides is 3. The molecule has 0 bridgehead atoms. The van der Waals surface area contributed by atoms with Crippen LogP contribution in [0.3, 0.4) is 0 Å². The van der Waals surface area contributed by atoms with Crippen LogP contribution in [-0.2, 0) is 22.9 Å². The zero-order valence-electron chi connectivity index (χ0n) is 18.1. The lowest BCUT2D eigenvalue weighted by atomic mass is 9.74. The molecule has 1 fully saturated rings. The van der Waals surface area contributed by atoms with Gasteiger partial charge in [-0.15, -0.1) is 0 Å². The second kappa shape index (κ2) is 9.55. The van der Waals surface area contributed by atoms with Gasteiger partial charge in [-0.25, -0.2) is 4.39 Å². The van der Waals surface area contributed by atoms with Crippen molar-refractivity contribution in [2.45, 2.75) is 24.3 Å². The van der Waals surface area contributed by atoms with Crippen molar-refractivity contribution in [1.82, 2.24) is 10.6 Å². The Bertz CT molecular complexity index is 1100. The van der Waals surface area contributed by atoms with Crippen molar-refractivity contribution in [2.24, 2.45) is 16.6 Å². The summed E-state index contributed by atoms with van der Waals surface area (Å²) in [4.78, 5) is 17.1. The third-order valence-corrected chi connectivity index (χ3v) is 6.00. The Balaban J connectivity index is 1.70. The van der Waals surface area contributed by atoms with E-state index in [4.69, 9.17) is 10.5 Å². The fourth-order valence-corrected chi connectivity index (χ4v) is 3.95. The van der Waals surface area contributed by atoms with Crippen molar-refractivity contribution < 1.29 is 27.1 Å².